The van der Waals surface area contributed by atoms with E-state index in [0.717, 1.165) is 5.71 Å². The molecule has 1 heterocycles. The molecule has 1 aliphatic carbocycles. The fraction of sp³-hybridized carbons (Fsp3) is 0. The lowest BCUT2D eigenvalue weighted by Crippen LogP contribution is -2.23. The molecule has 0 amide bonds. The molecule has 3 heteroatoms. The van der Waals surface area contributed by atoms with Crippen LogP contribution in [-0.4, -0.2) is 20.5 Å². The molecule has 2 N–H and O–H groups in total. The molecule has 0 bridgehead atoms. The van der Waals surface area contributed by atoms with E-state index >= 15 is 0 Å². The summed E-state index contributed by atoms with van der Waals surface area (Å²) in [6, 6.07) is 7.22. The van der Waals surface area contributed by atoms with Crippen LogP contribution in [0.2, 0.25) is 0 Å². The van der Waals surface area contributed by atoms with Crippen LogP contribution in [0.1, 0.15) is 0 Å². The van der Waals surface area contributed by atoms with Crippen molar-refractivity contribution in [3.8, 4) is 0 Å². The quantitative estimate of drug-likeness (QED) is 0.616. The van der Waals surface area contributed by atoms with Gasteiger partial charge in [-0.3, -0.25) is 0 Å². The molecule has 0 spiro atoms. The molecule has 3 rings (SSSR count). The van der Waals surface area contributed by atoms with Gasteiger partial charge >= 0.3 is 11.8 Å². The van der Waals surface area contributed by atoms with Crippen LogP contribution >= 0.6 is 0 Å². The Bertz CT molecular complexity index is 621. The summed E-state index contributed by atoms with van der Waals surface area (Å²) in [5, 5.41) is 21.4. The Morgan fingerprint density at radius 1 is 0.812 bits per heavy atom. The maximum absolute atomic E-state index is 10.0. The maximum Gasteiger partial charge on any atom is 0.382 e. The lowest BCUT2D eigenvalue weighted by atomic mass is 10.3. The van der Waals surface area contributed by atoms with Gasteiger partial charge in [0, 0.05) is 12.2 Å². The molecule has 78 valence electrons. The summed E-state index contributed by atoms with van der Waals surface area (Å²) in [4.78, 5) is 0. The third-order valence-corrected chi connectivity index (χ3v) is 2.74. The SMILES string of the molecule is OC1=c2ccccc2=C(O)[N+]1=C1C=CC=C1. The van der Waals surface area contributed by atoms with Crippen LogP contribution in [0.5, 0.6) is 0 Å². The van der Waals surface area contributed by atoms with E-state index in [2.05, 4.69) is 0 Å². The molecular formula is C13H10NO2+. The van der Waals surface area contributed by atoms with E-state index in [1.807, 2.05) is 36.4 Å². The molecule has 3 nitrogen and oxygen atoms in total. The summed E-state index contributed by atoms with van der Waals surface area (Å²) in [7, 11) is 0. The van der Waals surface area contributed by atoms with Crippen LogP contribution in [-0.2, 0) is 0 Å². The summed E-state index contributed by atoms with van der Waals surface area (Å²) in [6.07, 6.45) is 7.38. The Kier molecular flexibility index (Phi) is 1.74. The second-order valence-electron chi connectivity index (χ2n) is 3.67. The topological polar surface area (TPSA) is 43.5 Å². The number of rotatable bonds is 0. The predicted octanol–water partition coefficient (Wildman–Crippen LogP) is 0.527. The molecule has 1 aromatic carbocycles. The number of nitrogens with zero attached hydrogens (tertiary/aromatic N) is 1. The van der Waals surface area contributed by atoms with Crippen LogP contribution in [0.3, 0.4) is 0 Å². The zero-order valence-electron chi connectivity index (χ0n) is 8.46. The minimum absolute atomic E-state index is 0.0688. The van der Waals surface area contributed by atoms with E-state index in [-0.39, 0.29) is 11.8 Å². The summed E-state index contributed by atoms with van der Waals surface area (Å²) in [5.41, 5.74) is 0.756. The largest absolute Gasteiger partial charge is 0.459 e. The third-order valence-electron chi connectivity index (χ3n) is 2.74. The monoisotopic (exact) mass is 212 g/mol. The zero-order valence-corrected chi connectivity index (χ0v) is 8.46. The minimum Gasteiger partial charge on any atom is -0.459 e. The number of benzene rings is 1. The number of hydrogen-bond donors (Lipinski definition) is 2. The van der Waals surface area contributed by atoms with Gasteiger partial charge < -0.3 is 10.2 Å². The molecule has 2 aliphatic rings. The molecule has 16 heavy (non-hydrogen) atoms. The molecule has 0 radical (unpaired) electrons. The molecular weight excluding hydrogens is 202 g/mol. The van der Waals surface area contributed by atoms with Crippen molar-refractivity contribution in [3.05, 3.63) is 59.0 Å². The lowest BCUT2D eigenvalue weighted by Gasteiger charge is -1.94. The van der Waals surface area contributed by atoms with Crippen molar-refractivity contribution in [1.29, 1.82) is 0 Å². The van der Waals surface area contributed by atoms with Crippen molar-refractivity contribution in [2.24, 2.45) is 0 Å². The van der Waals surface area contributed by atoms with Gasteiger partial charge in [-0.15, -0.1) is 0 Å². The standard InChI is InChI=1S/C13H9NO2/c15-12-10-7-3-4-8-11(10)13(16)14(12)9-5-1-2-6-9/h1-8H,(H-,15,16)/p+1. The van der Waals surface area contributed by atoms with Gasteiger partial charge in [0.2, 0.25) is 5.71 Å². The maximum atomic E-state index is 10.0. The van der Waals surface area contributed by atoms with Gasteiger partial charge in [-0.25, -0.2) is 0 Å². The molecule has 0 atom stereocenters. The van der Waals surface area contributed by atoms with Gasteiger partial charge in [0.15, 0.2) is 0 Å². The average Bonchev–Trinajstić information content (AvgIpc) is 2.89. The zero-order chi connectivity index (χ0) is 11.1. The van der Waals surface area contributed by atoms with Crippen molar-refractivity contribution in [2.45, 2.75) is 0 Å². The van der Waals surface area contributed by atoms with Gasteiger partial charge in [0.05, 0.1) is 0 Å². The Morgan fingerprint density at radius 3 is 1.81 bits per heavy atom. The first-order valence-electron chi connectivity index (χ1n) is 5.02. The summed E-state index contributed by atoms with van der Waals surface area (Å²) in [5.74, 6) is 0.138. The Balaban J connectivity index is 2.45. The van der Waals surface area contributed by atoms with Crippen LogP contribution in [0.15, 0.2) is 48.6 Å². The van der Waals surface area contributed by atoms with E-state index in [9.17, 15) is 10.2 Å². The highest BCUT2D eigenvalue weighted by Gasteiger charge is 2.30. The van der Waals surface area contributed by atoms with Crippen molar-refractivity contribution in [2.75, 3.05) is 0 Å². The van der Waals surface area contributed by atoms with Crippen LogP contribution in [0.4, 0.5) is 0 Å². The van der Waals surface area contributed by atoms with Gasteiger partial charge in [0.1, 0.15) is 10.4 Å². The van der Waals surface area contributed by atoms with E-state index in [4.69, 9.17) is 0 Å². The van der Waals surface area contributed by atoms with E-state index in [0.29, 0.717) is 10.4 Å². The fourth-order valence-electron chi connectivity index (χ4n) is 1.97. The first-order valence-corrected chi connectivity index (χ1v) is 5.02. The van der Waals surface area contributed by atoms with Crippen LogP contribution < -0.4 is 10.4 Å². The molecule has 0 fully saturated rings. The first-order chi connectivity index (χ1) is 7.79. The Hall–Kier alpha value is -2.29. The summed E-state index contributed by atoms with van der Waals surface area (Å²) < 4.78 is 1.44. The molecule has 1 aromatic rings. The second-order valence-corrected chi connectivity index (χ2v) is 3.67. The van der Waals surface area contributed by atoms with Crippen LogP contribution in [0.25, 0.3) is 11.8 Å². The smallest absolute Gasteiger partial charge is 0.382 e. The van der Waals surface area contributed by atoms with E-state index in [1.54, 1.807) is 12.1 Å². The number of aliphatic hydroxyl groups excluding tert-OH is 2. The summed E-state index contributed by atoms with van der Waals surface area (Å²) >= 11 is 0. The van der Waals surface area contributed by atoms with Crippen LogP contribution in [0, 0.1) is 0 Å². The second kappa shape index (κ2) is 3.10. The highest BCUT2D eigenvalue weighted by atomic mass is 16.3. The first kappa shape index (κ1) is 8.97. The van der Waals surface area contributed by atoms with Crippen molar-refractivity contribution >= 4 is 17.5 Å². The average molecular weight is 212 g/mol. The summed E-state index contributed by atoms with van der Waals surface area (Å²) in [6.45, 7) is 0. The Labute approximate surface area is 91.9 Å². The number of allylic oxidation sites excluding steroid dienone is 4. The minimum atomic E-state index is 0.0688. The van der Waals surface area contributed by atoms with Gasteiger partial charge in [-0.05, 0) is 12.1 Å². The number of fused-ring (bicyclic) bond motifs is 1. The van der Waals surface area contributed by atoms with Gasteiger partial charge in [-0.1, -0.05) is 28.9 Å². The van der Waals surface area contributed by atoms with Crippen molar-refractivity contribution < 1.29 is 14.8 Å². The molecule has 1 aliphatic heterocycles. The number of aliphatic hydroxyl groups is 2. The van der Waals surface area contributed by atoms with E-state index < -0.39 is 0 Å². The number of hydrogen-bond acceptors (Lipinski definition) is 2. The molecule has 0 saturated heterocycles. The predicted molar refractivity (Wildman–Crippen MR) is 61.3 cm³/mol. The van der Waals surface area contributed by atoms with Crippen molar-refractivity contribution in [3.63, 3.8) is 0 Å². The third kappa shape index (κ3) is 1.05. The lowest BCUT2D eigenvalue weighted by molar-refractivity contribution is -0.378. The highest BCUT2D eigenvalue weighted by Crippen LogP contribution is 2.09. The van der Waals surface area contributed by atoms with Gasteiger partial charge in [0.25, 0.3) is 0 Å². The highest BCUT2D eigenvalue weighted by molar-refractivity contribution is 6.04. The Morgan fingerprint density at radius 2 is 1.31 bits per heavy atom. The van der Waals surface area contributed by atoms with E-state index in [1.165, 1.54) is 4.58 Å². The molecule has 0 saturated carbocycles. The molecule has 0 unspecified atom stereocenters. The normalized spacial score (nSPS) is 17.5. The van der Waals surface area contributed by atoms with Crippen molar-refractivity contribution in [1.82, 2.24) is 0 Å². The fourth-order valence-corrected chi connectivity index (χ4v) is 1.97. The molecule has 0 aromatic heterocycles. The van der Waals surface area contributed by atoms with Gasteiger partial charge in [-0.2, -0.15) is 0 Å².